The fraction of sp³-hybridized carbons (Fsp3) is 1.00. The van der Waals surface area contributed by atoms with Crippen molar-refractivity contribution in [2.24, 2.45) is 0 Å². The summed E-state index contributed by atoms with van der Waals surface area (Å²) < 4.78 is 0. The van der Waals surface area contributed by atoms with Crippen molar-refractivity contribution in [3.8, 4) is 0 Å². The van der Waals surface area contributed by atoms with Crippen molar-refractivity contribution >= 4 is 0 Å². The number of nitrogens with one attached hydrogen (secondary N) is 2. The van der Waals surface area contributed by atoms with Gasteiger partial charge in [0.05, 0.1) is 0 Å². The molecule has 0 saturated carbocycles. The third kappa shape index (κ3) is 10.4. The molecule has 2 N–H and O–H groups in total. The zero-order valence-electron chi connectivity index (χ0n) is 11.7. The Bertz CT molecular complexity index is 137. The van der Waals surface area contributed by atoms with Crippen molar-refractivity contribution in [3.63, 3.8) is 0 Å². The Morgan fingerprint density at radius 2 is 1.69 bits per heavy atom. The van der Waals surface area contributed by atoms with Gasteiger partial charge in [0, 0.05) is 6.04 Å². The SMILES string of the molecule is CCN(CCCCNC)CCCNC(C)C. The van der Waals surface area contributed by atoms with Crippen molar-refractivity contribution in [2.45, 2.75) is 46.1 Å². The highest BCUT2D eigenvalue weighted by molar-refractivity contribution is 4.59. The van der Waals surface area contributed by atoms with Gasteiger partial charge in [-0.3, -0.25) is 0 Å². The normalized spacial score (nSPS) is 11.6. The third-order valence-corrected chi connectivity index (χ3v) is 2.80. The van der Waals surface area contributed by atoms with Crippen molar-refractivity contribution < 1.29 is 0 Å². The Hall–Kier alpha value is -0.120. The van der Waals surface area contributed by atoms with Crippen LogP contribution in [0.15, 0.2) is 0 Å². The van der Waals surface area contributed by atoms with Crippen molar-refractivity contribution in [3.05, 3.63) is 0 Å². The average Bonchev–Trinajstić information content (AvgIpc) is 2.26. The van der Waals surface area contributed by atoms with Crippen LogP contribution in [0.25, 0.3) is 0 Å². The molecular formula is C13H31N3. The molecule has 3 heteroatoms. The van der Waals surface area contributed by atoms with E-state index in [1.54, 1.807) is 0 Å². The Balaban J connectivity index is 3.36. The molecule has 16 heavy (non-hydrogen) atoms. The largest absolute Gasteiger partial charge is 0.320 e. The van der Waals surface area contributed by atoms with Crippen LogP contribution in [0.1, 0.15) is 40.0 Å². The molecule has 0 aliphatic heterocycles. The molecule has 0 aromatic rings. The van der Waals surface area contributed by atoms with Crippen LogP contribution in [0.4, 0.5) is 0 Å². The number of nitrogens with zero attached hydrogens (tertiary/aromatic N) is 1. The molecule has 0 rings (SSSR count). The molecule has 0 bridgehead atoms. The quantitative estimate of drug-likeness (QED) is 0.528. The summed E-state index contributed by atoms with van der Waals surface area (Å²) in [7, 11) is 2.02. The lowest BCUT2D eigenvalue weighted by Gasteiger charge is -2.20. The summed E-state index contributed by atoms with van der Waals surface area (Å²) in [5, 5.41) is 6.66. The van der Waals surface area contributed by atoms with Gasteiger partial charge in [0.2, 0.25) is 0 Å². The Kier molecular flexibility index (Phi) is 11.3. The van der Waals surface area contributed by atoms with Gasteiger partial charge < -0.3 is 15.5 Å². The van der Waals surface area contributed by atoms with Crippen LogP contribution in [-0.4, -0.2) is 50.7 Å². The van der Waals surface area contributed by atoms with Gasteiger partial charge in [-0.05, 0) is 59.0 Å². The topological polar surface area (TPSA) is 27.3 Å². The minimum Gasteiger partial charge on any atom is -0.320 e. The number of rotatable bonds is 11. The third-order valence-electron chi connectivity index (χ3n) is 2.80. The second-order valence-corrected chi connectivity index (χ2v) is 4.71. The molecule has 0 unspecified atom stereocenters. The lowest BCUT2D eigenvalue weighted by molar-refractivity contribution is 0.276. The molecule has 0 saturated heterocycles. The van der Waals surface area contributed by atoms with Crippen LogP contribution >= 0.6 is 0 Å². The van der Waals surface area contributed by atoms with Crippen LogP contribution in [0.3, 0.4) is 0 Å². The summed E-state index contributed by atoms with van der Waals surface area (Å²) in [6.07, 6.45) is 3.86. The zero-order chi connectivity index (χ0) is 12.2. The molecule has 0 spiro atoms. The van der Waals surface area contributed by atoms with Crippen LogP contribution in [0.2, 0.25) is 0 Å². The minimum absolute atomic E-state index is 0.616. The molecule has 0 heterocycles. The van der Waals surface area contributed by atoms with Gasteiger partial charge in [-0.15, -0.1) is 0 Å². The van der Waals surface area contributed by atoms with Crippen molar-refractivity contribution in [1.29, 1.82) is 0 Å². The van der Waals surface area contributed by atoms with Gasteiger partial charge in [0.1, 0.15) is 0 Å². The van der Waals surface area contributed by atoms with Gasteiger partial charge in [-0.1, -0.05) is 20.8 Å². The van der Waals surface area contributed by atoms with Gasteiger partial charge >= 0.3 is 0 Å². The molecule has 0 aromatic carbocycles. The number of hydrogen-bond donors (Lipinski definition) is 2. The Labute approximate surface area is 102 Å². The molecule has 0 aliphatic rings. The highest BCUT2D eigenvalue weighted by Gasteiger charge is 2.01. The van der Waals surface area contributed by atoms with E-state index in [-0.39, 0.29) is 0 Å². The molecule has 0 radical (unpaired) electrons. The molecule has 0 atom stereocenters. The smallest absolute Gasteiger partial charge is 0.00103 e. The standard InChI is InChI=1S/C13H31N3/c1-5-16(11-7-6-9-14-4)12-8-10-15-13(2)3/h13-15H,5-12H2,1-4H3. The predicted octanol–water partition coefficient (Wildman–Crippen LogP) is 1.70. The molecule has 0 aromatic heterocycles. The molecule has 3 nitrogen and oxygen atoms in total. The van der Waals surface area contributed by atoms with Gasteiger partial charge in [-0.2, -0.15) is 0 Å². The van der Waals surface area contributed by atoms with E-state index < -0.39 is 0 Å². The second kappa shape index (κ2) is 11.4. The number of unbranched alkanes of at least 4 members (excludes halogenated alkanes) is 1. The Morgan fingerprint density at radius 1 is 1.00 bits per heavy atom. The first-order chi connectivity index (χ1) is 7.70. The Morgan fingerprint density at radius 3 is 2.25 bits per heavy atom. The van der Waals surface area contributed by atoms with E-state index in [1.807, 2.05) is 7.05 Å². The first-order valence-electron chi connectivity index (χ1n) is 6.81. The van der Waals surface area contributed by atoms with E-state index in [2.05, 4.69) is 36.3 Å². The molecule has 0 aliphatic carbocycles. The molecule has 98 valence electrons. The predicted molar refractivity (Wildman–Crippen MR) is 73.0 cm³/mol. The van der Waals surface area contributed by atoms with Gasteiger partial charge in [0.25, 0.3) is 0 Å². The zero-order valence-corrected chi connectivity index (χ0v) is 11.7. The van der Waals surface area contributed by atoms with E-state index >= 15 is 0 Å². The lowest BCUT2D eigenvalue weighted by atomic mass is 10.2. The first kappa shape index (κ1) is 15.9. The summed E-state index contributed by atoms with van der Waals surface area (Å²) >= 11 is 0. The minimum atomic E-state index is 0.616. The highest BCUT2D eigenvalue weighted by Crippen LogP contribution is 1.96. The summed E-state index contributed by atoms with van der Waals surface area (Å²) in [5.74, 6) is 0. The lowest BCUT2D eigenvalue weighted by Crippen LogP contribution is -2.30. The van der Waals surface area contributed by atoms with E-state index in [0.29, 0.717) is 6.04 Å². The second-order valence-electron chi connectivity index (χ2n) is 4.71. The van der Waals surface area contributed by atoms with Crippen LogP contribution in [0, 0.1) is 0 Å². The molecule has 0 fully saturated rings. The summed E-state index contributed by atoms with van der Waals surface area (Å²) in [4.78, 5) is 2.55. The van der Waals surface area contributed by atoms with Crippen LogP contribution in [-0.2, 0) is 0 Å². The van der Waals surface area contributed by atoms with E-state index in [4.69, 9.17) is 0 Å². The summed E-state index contributed by atoms with van der Waals surface area (Å²) in [6, 6.07) is 0.616. The maximum absolute atomic E-state index is 3.46. The van der Waals surface area contributed by atoms with Crippen molar-refractivity contribution in [2.75, 3.05) is 39.8 Å². The van der Waals surface area contributed by atoms with E-state index in [1.165, 1.54) is 38.9 Å². The molecular weight excluding hydrogens is 198 g/mol. The summed E-state index contributed by atoms with van der Waals surface area (Å²) in [6.45, 7) is 12.6. The van der Waals surface area contributed by atoms with Gasteiger partial charge in [0.15, 0.2) is 0 Å². The maximum atomic E-state index is 3.46. The fourth-order valence-electron chi connectivity index (χ4n) is 1.76. The van der Waals surface area contributed by atoms with Crippen LogP contribution in [0.5, 0.6) is 0 Å². The number of hydrogen-bond acceptors (Lipinski definition) is 3. The average molecular weight is 229 g/mol. The van der Waals surface area contributed by atoms with Crippen LogP contribution < -0.4 is 10.6 Å². The van der Waals surface area contributed by atoms with E-state index in [0.717, 1.165) is 13.1 Å². The monoisotopic (exact) mass is 229 g/mol. The summed E-state index contributed by atoms with van der Waals surface area (Å²) in [5.41, 5.74) is 0. The maximum Gasteiger partial charge on any atom is 0.00103 e. The van der Waals surface area contributed by atoms with E-state index in [9.17, 15) is 0 Å². The van der Waals surface area contributed by atoms with Crippen molar-refractivity contribution in [1.82, 2.24) is 15.5 Å². The highest BCUT2D eigenvalue weighted by atomic mass is 15.1. The van der Waals surface area contributed by atoms with Gasteiger partial charge in [-0.25, -0.2) is 0 Å². The fourth-order valence-corrected chi connectivity index (χ4v) is 1.76. The first-order valence-corrected chi connectivity index (χ1v) is 6.81. The molecule has 0 amide bonds.